The fourth-order valence-electron chi connectivity index (χ4n) is 1.58. The number of anilines is 1. The molecule has 1 aromatic carbocycles. The quantitative estimate of drug-likeness (QED) is 0.765. The molecule has 110 valence electrons. The van der Waals surface area contributed by atoms with Crippen LogP contribution in [0.3, 0.4) is 0 Å². The highest BCUT2D eigenvalue weighted by atomic mass is 79.9. The molecule has 2 rings (SSSR count). The van der Waals surface area contributed by atoms with Gasteiger partial charge in [0.15, 0.2) is 0 Å². The van der Waals surface area contributed by atoms with Crippen molar-refractivity contribution in [2.24, 2.45) is 0 Å². The predicted octanol–water partition coefficient (Wildman–Crippen LogP) is 3.67. The van der Waals surface area contributed by atoms with Crippen molar-refractivity contribution in [3.8, 4) is 0 Å². The number of hydrogen-bond acceptors (Lipinski definition) is 3. The summed E-state index contributed by atoms with van der Waals surface area (Å²) in [5.41, 5.74) is -0.269. The number of halogens is 2. The zero-order valence-corrected chi connectivity index (χ0v) is 12.9. The van der Waals surface area contributed by atoms with Gasteiger partial charge in [0.25, 0.3) is 0 Å². The number of aromatic carboxylic acids is 1. The zero-order chi connectivity index (χ0) is 15.4. The third-order valence-corrected chi connectivity index (χ3v) is 4.49. The monoisotopic (exact) mass is 372 g/mol. The minimum absolute atomic E-state index is 0.0924. The number of carbonyl (C=O) groups excluding carboxylic acids is 1. The van der Waals surface area contributed by atoms with Gasteiger partial charge in [0, 0.05) is 9.35 Å². The average Bonchev–Trinajstić information content (AvgIpc) is 2.81. The van der Waals surface area contributed by atoms with Crippen molar-refractivity contribution < 1.29 is 19.1 Å². The molecule has 0 unspecified atom stereocenters. The summed E-state index contributed by atoms with van der Waals surface area (Å²) in [6.07, 6.45) is 0. The summed E-state index contributed by atoms with van der Waals surface area (Å²) in [7, 11) is 0. The lowest BCUT2D eigenvalue weighted by Crippen LogP contribution is -2.28. The van der Waals surface area contributed by atoms with Crippen LogP contribution >= 0.6 is 27.3 Å². The number of hydrogen-bond donors (Lipinski definition) is 3. The number of benzene rings is 1. The molecular weight excluding hydrogens is 363 g/mol. The molecule has 0 atom stereocenters. The number of amides is 2. The SMILES string of the molecule is O=C(NCc1sccc1Br)Nc1cc(F)ccc1C(=O)O. The van der Waals surface area contributed by atoms with E-state index in [2.05, 4.69) is 26.6 Å². The summed E-state index contributed by atoms with van der Waals surface area (Å²) in [6, 6.07) is 4.33. The third kappa shape index (κ3) is 4.02. The van der Waals surface area contributed by atoms with Gasteiger partial charge in [0.1, 0.15) is 5.82 Å². The topological polar surface area (TPSA) is 78.4 Å². The van der Waals surface area contributed by atoms with Crippen molar-refractivity contribution in [2.75, 3.05) is 5.32 Å². The molecule has 0 aliphatic rings. The number of carboxylic acid groups (broad SMARTS) is 1. The number of rotatable bonds is 4. The van der Waals surface area contributed by atoms with Crippen LogP contribution in [0.2, 0.25) is 0 Å². The molecule has 0 aliphatic carbocycles. The molecule has 0 saturated carbocycles. The molecule has 0 aliphatic heterocycles. The first-order valence-electron chi connectivity index (χ1n) is 5.77. The standard InChI is InChI=1S/C13H10BrFN2O3S/c14-9-3-4-21-11(9)6-16-13(20)17-10-5-7(15)1-2-8(10)12(18)19/h1-5H,6H2,(H,18,19)(H2,16,17,20). The lowest BCUT2D eigenvalue weighted by molar-refractivity contribution is 0.0698. The van der Waals surface area contributed by atoms with Crippen molar-refractivity contribution in [1.29, 1.82) is 0 Å². The Bertz CT molecular complexity index is 690. The van der Waals surface area contributed by atoms with E-state index in [-0.39, 0.29) is 17.8 Å². The molecule has 0 fully saturated rings. The zero-order valence-electron chi connectivity index (χ0n) is 10.5. The fraction of sp³-hybridized carbons (Fsp3) is 0.0769. The van der Waals surface area contributed by atoms with Crippen molar-refractivity contribution in [1.82, 2.24) is 5.32 Å². The van der Waals surface area contributed by atoms with Crippen LogP contribution in [0.15, 0.2) is 34.1 Å². The molecule has 0 bridgehead atoms. The molecule has 0 spiro atoms. The molecule has 1 heterocycles. The van der Waals surface area contributed by atoms with E-state index in [9.17, 15) is 14.0 Å². The number of urea groups is 1. The van der Waals surface area contributed by atoms with Crippen LogP contribution in [0.25, 0.3) is 0 Å². The summed E-state index contributed by atoms with van der Waals surface area (Å²) in [4.78, 5) is 23.7. The molecule has 21 heavy (non-hydrogen) atoms. The Morgan fingerprint density at radius 3 is 2.71 bits per heavy atom. The van der Waals surface area contributed by atoms with Gasteiger partial charge in [0.05, 0.1) is 17.8 Å². The molecule has 2 aromatic rings. The second-order valence-electron chi connectivity index (χ2n) is 3.99. The van der Waals surface area contributed by atoms with Crippen LogP contribution in [-0.2, 0) is 6.54 Å². The van der Waals surface area contributed by atoms with Crippen molar-refractivity contribution in [2.45, 2.75) is 6.54 Å². The maximum atomic E-state index is 13.2. The van der Waals surface area contributed by atoms with E-state index in [0.717, 1.165) is 27.5 Å². The smallest absolute Gasteiger partial charge is 0.337 e. The van der Waals surface area contributed by atoms with Crippen molar-refractivity contribution in [3.05, 3.63) is 50.4 Å². The summed E-state index contributed by atoms with van der Waals surface area (Å²) >= 11 is 4.80. The van der Waals surface area contributed by atoms with Gasteiger partial charge in [0.2, 0.25) is 0 Å². The van der Waals surface area contributed by atoms with Crippen LogP contribution < -0.4 is 10.6 Å². The Balaban J connectivity index is 2.04. The van der Waals surface area contributed by atoms with E-state index in [1.54, 1.807) is 0 Å². The van der Waals surface area contributed by atoms with Gasteiger partial charge in [-0.2, -0.15) is 0 Å². The lowest BCUT2D eigenvalue weighted by atomic mass is 10.2. The van der Waals surface area contributed by atoms with Crippen molar-refractivity contribution >= 4 is 45.0 Å². The Kier molecular flexibility index (Phi) is 4.92. The van der Waals surface area contributed by atoms with E-state index in [1.807, 2.05) is 11.4 Å². The molecule has 3 N–H and O–H groups in total. The van der Waals surface area contributed by atoms with E-state index in [0.29, 0.717) is 0 Å². The largest absolute Gasteiger partial charge is 0.478 e. The molecule has 0 saturated heterocycles. The lowest BCUT2D eigenvalue weighted by Gasteiger charge is -2.09. The Hall–Kier alpha value is -1.93. The summed E-state index contributed by atoms with van der Waals surface area (Å²) < 4.78 is 14.0. The van der Waals surface area contributed by atoms with Crippen LogP contribution in [0.1, 0.15) is 15.2 Å². The minimum atomic E-state index is -1.24. The Morgan fingerprint density at radius 2 is 2.10 bits per heavy atom. The normalized spacial score (nSPS) is 10.2. The maximum Gasteiger partial charge on any atom is 0.337 e. The third-order valence-electron chi connectivity index (χ3n) is 2.56. The average molecular weight is 373 g/mol. The predicted molar refractivity (Wildman–Crippen MR) is 81.2 cm³/mol. The Labute approximate surface area is 131 Å². The van der Waals surface area contributed by atoms with E-state index in [1.165, 1.54) is 11.3 Å². The number of nitrogens with one attached hydrogen (secondary N) is 2. The van der Waals surface area contributed by atoms with Gasteiger partial charge >= 0.3 is 12.0 Å². The first-order chi connectivity index (χ1) is 9.97. The van der Waals surface area contributed by atoms with E-state index in [4.69, 9.17) is 5.11 Å². The second kappa shape index (κ2) is 6.68. The van der Waals surface area contributed by atoms with Crippen LogP contribution in [0.5, 0.6) is 0 Å². The number of carboxylic acids is 1. The van der Waals surface area contributed by atoms with Gasteiger partial charge in [-0.1, -0.05) is 0 Å². The van der Waals surface area contributed by atoms with Gasteiger partial charge in [-0.05, 0) is 45.6 Å². The highest BCUT2D eigenvalue weighted by molar-refractivity contribution is 9.10. The molecular formula is C13H10BrFN2O3S. The first-order valence-corrected chi connectivity index (χ1v) is 7.44. The Morgan fingerprint density at radius 1 is 1.33 bits per heavy atom. The first kappa shape index (κ1) is 15.5. The van der Waals surface area contributed by atoms with Gasteiger partial charge in [-0.15, -0.1) is 11.3 Å². The van der Waals surface area contributed by atoms with Gasteiger partial charge in [-0.3, -0.25) is 0 Å². The molecule has 1 aromatic heterocycles. The fourth-order valence-corrected chi connectivity index (χ4v) is 3.02. The van der Waals surface area contributed by atoms with Crippen LogP contribution in [0, 0.1) is 5.82 Å². The molecule has 2 amide bonds. The van der Waals surface area contributed by atoms with Crippen LogP contribution in [0.4, 0.5) is 14.9 Å². The molecule has 0 radical (unpaired) electrons. The summed E-state index contributed by atoms with van der Waals surface area (Å²) in [5, 5.41) is 15.8. The highest BCUT2D eigenvalue weighted by Gasteiger charge is 2.13. The van der Waals surface area contributed by atoms with Crippen LogP contribution in [-0.4, -0.2) is 17.1 Å². The summed E-state index contributed by atoms with van der Waals surface area (Å²) in [6.45, 7) is 0.280. The highest BCUT2D eigenvalue weighted by Crippen LogP contribution is 2.22. The molecule has 5 nitrogen and oxygen atoms in total. The second-order valence-corrected chi connectivity index (χ2v) is 5.85. The van der Waals surface area contributed by atoms with Gasteiger partial charge < -0.3 is 15.7 Å². The van der Waals surface area contributed by atoms with E-state index < -0.39 is 17.8 Å². The summed E-state index contributed by atoms with van der Waals surface area (Å²) in [5.74, 6) is -1.87. The number of carbonyl (C=O) groups is 2. The van der Waals surface area contributed by atoms with E-state index >= 15 is 0 Å². The molecule has 8 heteroatoms. The van der Waals surface area contributed by atoms with Crippen molar-refractivity contribution in [3.63, 3.8) is 0 Å². The maximum absolute atomic E-state index is 13.2. The van der Waals surface area contributed by atoms with Gasteiger partial charge in [-0.25, -0.2) is 14.0 Å². The number of thiophene rings is 1. The minimum Gasteiger partial charge on any atom is -0.478 e.